The van der Waals surface area contributed by atoms with Crippen molar-refractivity contribution < 1.29 is 13.2 Å². The molecule has 0 aliphatic carbocycles. The van der Waals surface area contributed by atoms with Crippen LogP contribution < -0.4 is 0 Å². The lowest BCUT2D eigenvalue weighted by atomic mass is 10.1. The van der Waals surface area contributed by atoms with Crippen LogP contribution in [0.15, 0.2) is 24.7 Å². The molecule has 0 bridgehead atoms. The summed E-state index contributed by atoms with van der Waals surface area (Å²) in [6.07, 6.45) is -1.54. The van der Waals surface area contributed by atoms with E-state index >= 15 is 0 Å². The van der Waals surface area contributed by atoms with E-state index in [4.69, 9.17) is 11.6 Å². The van der Waals surface area contributed by atoms with Gasteiger partial charge in [-0.3, -0.25) is 4.98 Å². The fourth-order valence-electron chi connectivity index (χ4n) is 1.33. The van der Waals surface area contributed by atoms with Crippen molar-refractivity contribution in [1.82, 2.24) is 20.2 Å². The van der Waals surface area contributed by atoms with Crippen LogP contribution in [-0.4, -0.2) is 26.3 Å². The molecule has 0 unspecified atom stereocenters. The van der Waals surface area contributed by atoms with Crippen molar-refractivity contribution in [2.24, 2.45) is 0 Å². The van der Waals surface area contributed by atoms with Crippen molar-refractivity contribution in [3.05, 3.63) is 35.4 Å². The zero-order valence-corrected chi connectivity index (χ0v) is 9.57. The number of hydrogen-bond acceptors (Lipinski definition) is 4. The first kappa shape index (κ1) is 12.7. The van der Waals surface area contributed by atoms with E-state index in [1.807, 2.05) is 0 Å². The maximum atomic E-state index is 12.2. The highest BCUT2D eigenvalue weighted by atomic mass is 35.5. The van der Waals surface area contributed by atoms with E-state index in [9.17, 15) is 13.2 Å². The average molecular weight is 275 g/mol. The second kappa shape index (κ2) is 4.85. The zero-order valence-electron chi connectivity index (χ0n) is 8.82. The van der Waals surface area contributed by atoms with Crippen LogP contribution in [0.3, 0.4) is 0 Å². The van der Waals surface area contributed by atoms with E-state index in [2.05, 4.69) is 20.2 Å². The molecule has 2 aromatic rings. The largest absolute Gasteiger partial charge is 0.393 e. The second-order valence-corrected chi connectivity index (χ2v) is 3.87. The smallest absolute Gasteiger partial charge is 0.264 e. The number of pyridine rings is 1. The second-order valence-electron chi connectivity index (χ2n) is 3.48. The highest BCUT2D eigenvalue weighted by Gasteiger charge is 2.27. The molecule has 0 saturated heterocycles. The minimum Gasteiger partial charge on any atom is -0.264 e. The molecular formula is C10H6ClF3N4. The quantitative estimate of drug-likeness (QED) is 0.845. The number of rotatable bonds is 2. The topological polar surface area (TPSA) is 51.6 Å². The summed E-state index contributed by atoms with van der Waals surface area (Å²) >= 11 is 5.52. The summed E-state index contributed by atoms with van der Waals surface area (Å²) < 4.78 is 36.7. The van der Waals surface area contributed by atoms with Crippen LogP contribution in [0.5, 0.6) is 0 Å². The van der Waals surface area contributed by atoms with Gasteiger partial charge >= 0.3 is 6.18 Å². The van der Waals surface area contributed by atoms with Gasteiger partial charge in [-0.15, -0.1) is 10.2 Å². The lowest BCUT2D eigenvalue weighted by Crippen LogP contribution is -2.11. The molecule has 0 saturated carbocycles. The van der Waals surface area contributed by atoms with E-state index < -0.39 is 12.6 Å². The zero-order chi connectivity index (χ0) is 13.2. The van der Waals surface area contributed by atoms with Gasteiger partial charge in [-0.2, -0.15) is 13.2 Å². The molecule has 2 heterocycles. The minimum atomic E-state index is -4.28. The van der Waals surface area contributed by atoms with E-state index in [1.54, 1.807) is 0 Å². The minimum absolute atomic E-state index is 0.0403. The first-order valence-electron chi connectivity index (χ1n) is 4.80. The predicted octanol–water partition coefficient (Wildman–Crippen LogP) is 2.69. The van der Waals surface area contributed by atoms with Gasteiger partial charge in [-0.25, -0.2) is 4.98 Å². The molecule has 0 aromatic carbocycles. The predicted molar refractivity (Wildman–Crippen MR) is 57.8 cm³/mol. The maximum Gasteiger partial charge on any atom is 0.393 e. The monoisotopic (exact) mass is 274 g/mol. The Hall–Kier alpha value is -1.76. The molecule has 4 nitrogen and oxygen atoms in total. The van der Waals surface area contributed by atoms with E-state index in [0.29, 0.717) is 5.56 Å². The molecule has 0 amide bonds. The summed E-state index contributed by atoms with van der Waals surface area (Å²) in [7, 11) is 0. The number of alkyl halides is 3. The Morgan fingerprint density at radius 1 is 1.11 bits per heavy atom. The lowest BCUT2D eigenvalue weighted by molar-refractivity contribution is -0.127. The van der Waals surface area contributed by atoms with Crippen LogP contribution in [0.4, 0.5) is 13.2 Å². The van der Waals surface area contributed by atoms with Crippen molar-refractivity contribution in [3.63, 3.8) is 0 Å². The van der Waals surface area contributed by atoms with Crippen molar-refractivity contribution in [2.45, 2.75) is 12.6 Å². The van der Waals surface area contributed by atoms with Crippen LogP contribution in [0.2, 0.25) is 5.15 Å². The van der Waals surface area contributed by atoms with Gasteiger partial charge in [0.25, 0.3) is 0 Å². The lowest BCUT2D eigenvalue weighted by Gasteiger charge is -2.06. The molecule has 0 radical (unpaired) electrons. The molecule has 0 aliphatic rings. The summed E-state index contributed by atoms with van der Waals surface area (Å²) in [5.74, 6) is 0.177. The molecule has 2 rings (SSSR count). The van der Waals surface area contributed by atoms with Gasteiger partial charge in [0.1, 0.15) is 0 Å². The Labute approximate surface area is 105 Å². The van der Waals surface area contributed by atoms with E-state index in [1.165, 1.54) is 18.5 Å². The summed E-state index contributed by atoms with van der Waals surface area (Å²) in [6.45, 7) is 0. The van der Waals surface area contributed by atoms with Gasteiger partial charge < -0.3 is 0 Å². The molecular weight excluding hydrogens is 269 g/mol. The van der Waals surface area contributed by atoms with Crippen LogP contribution >= 0.6 is 11.6 Å². The Morgan fingerprint density at radius 3 is 2.50 bits per heavy atom. The summed E-state index contributed by atoms with van der Waals surface area (Å²) in [5.41, 5.74) is 0.402. The van der Waals surface area contributed by atoms with Gasteiger partial charge in [0.2, 0.25) is 0 Å². The third-order valence-corrected chi connectivity index (χ3v) is 2.16. The van der Waals surface area contributed by atoms with Crippen molar-refractivity contribution >= 4 is 11.6 Å². The van der Waals surface area contributed by atoms with Crippen LogP contribution in [0.1, 0.15) is 5.56 Å². The van der Waals surface area contributed by atoms with Gasteiger partial charge in [0.05, 0.1) is 12.6 Å². The molecule has 8 heteroatoms. The van der Waals surface area contributed by atoms with Gasteiger partial charge in [0, 0.05) is 18.0 Å². The number of nitrogens with zero attached hydrogens (tertiary/aromatic N) is 4. The average Bonchev–Trinajstić information content (AvgIpc) is 2.28. The first-order valence-corrected chi connectivity index (χ1v) is 5.18. The Morgan fingerprint density at radius 2 is 1.89 bits per heavy atom. The molecule has 0 N–H and O–H groups in total. The third kappa shape index (κ3) is 3.36. The molecule has 18 heavy (non-hydrogen) atoms. The maximum absolute atomic E-state index is 12.2. The summed E-state index contributed by atoms with van der Waals surface area (Å²) in [5, 5.41) is 7.34. The molecule has 2 aromatic heterocycles. The highest BCUT2D eigenvalue weighted by molar-refractivity contribution is 6.29. The third-order valence-electron chi connectivity index (χ3n) is 1.99. The Bertz CT molecular complexity index is 542. The highest BCUT2D eigenvalue weighted by Crippen LogP contribution is 2.23. The number of aromatic nitrogens is 4. The molecule has 0 fully saturated rings. The standard InChI is InChI=1S/C10H6ClF3N4/c11-8-5-16-9(18-17-8)7-1-6(3-15-4-7)2-10(12,13)14/h1,3-5H,2H2. The SMILES string of the molecule is FC(F)(F)Cc1cncc(-c2ncc(Cl)nn2)c1. The molecule has 94 valence electrons. The van der Waals surface area contributed by atoms with E-state index in [0.717, 1.165) is 6.20 Å². The van der Waals surface area contributed by atoms with Gasteiger partial charge in [-0.05, 0) is 11.6 Å². The van der Waals surface area contributed by atoms with Crippen LogP contribution in [0.25, 0.3) is 11.4 Å². The van der Waals surface area contributed by atoms with Gasteiger partial charge in [-0.1, -0.05) is 11.6 Å². The Balaban J connectivity index is 2.29. The number of hydrogen-bond donors (Lipinski definition) is 0. The van der Waals surface area contributed by atoms with Gasteiger partial charge in [0.15, 0.2) is 11.0 Å². The fraction of sp³-hybridized carbons (Fsp3) is 0.200. The fourth-order valence-corrected chi connectivity index (χ4v) is 1.42. The Kier molecular flexibility index (Phi) is 3.42. The van der Waals surface area contributed by atoms with Crippen LogP contribution in [-0.2, 0) is 6.42 Å². The van der Waals surface area contributed by atoms with Crippen molar-refractivity contribution in [3.8, 4) is 11.4 Å². The summed E-state index contributed by atoms with van der Waals surface area (Å²) in [4.78, 5) is 7.59. The van der Waals surface area contributed by atoms with E-state index in [-0.39, 0.29) is 16.5 Å². The van der Waals surface area contributed by atoms with Crippen LogP contribution in [0, 0.1) is 0 Å². The first-order chi connectivity index (χ1) is 8.44. The molecule has 0 atom stereocenters. The van der Waals surface area contributed by atoms with Crippen molar-refractivity contribution in [1.29, 1.82) is 0 Å². The normalized spacial score (nSPS) is 11.6. The molecule has 0 spiro atoms. The summed E-state index contributed by atoms with van der Waals surface area (Å²) in [6, 6.07) is 1.32. The number of halogens is 4. The molecule has 0 aliphatic heterocycles. The van der Waals surface area contributed by atoms with Crippen molar-refractivity contribution in [2.75, 3.05) is 0 Å².